The second-order valence-corrected chi connectivity index (χ2v) is 4.85. The first-order chi connectivity index (χ1) is 9.28. The molecule has 0 aliphatic heterocycles. The Balaban J connectivity index is 1.89. The van der Waals surface area contributed by atoms with Crippen LogP contribution in [0.15, 0.2) is 64.7 Å². The van der Waals surface area contributed by atoms with Crippen molar-refractivity contribution in [1.29, 1.82) is 0 Å². The van der Waals surface area contributed by atoms with Crippen LogP contribution in [0.3, 0.4) is 0 Å². The second-order valence-electron chi connectivity index (χ2n) is 3.93. The Morgan fingerprint density at radius 1 is 1.21 bits per heavy atom. The van der Waals surface area contributed by atoms with Gasteiger partial charge in [0, 0.05) is 10.0 Å². The molecule has 0 amide bonds. The normalized spacial score (nSPS) is 10.6. The molecular formula is C16H13BrNO. The highest BCUT2D eigenvalue weighted by Gasteiger charge is 1.94. The Morgan fingerprint density at radius 3 is 2.74 bits per heavy atom. The molecule has 0 atom stereocenters. The third-order valence-electron chi connectivity index (χ3n) is 2.50. The van der Waals surface area contributed by atoms with Crippen LogP contribution in [0.25, 0.3) is 6.08 Å². The van der Waals surface area contributed by atoms with Gasteiger partial charge in [-0.05, 0) is 29.3 Å². The fourth-order valence-electron chi connectivity index (χ4n) is 1.53. The standard InChI is InChI=1S/C16H13BrNO/c1-2-13-4-3-5-15(10-13)12-19-18-11-14-6-8-16(17)9-7-14/h2-10H,1,12H2. The Labute approximate surface area is 121 Å². The summed E-state index contributed by atoms with van der Waals surface area (Å²) >= 11 is 3.37. The van der Waals surface area contributed by atoms with Gasteiger partial charge in [-0.15, -0.1) is 0 Å². The minimum atomic E-state index is 0.422. The lowest BCUT2D eigenvalue weighted by Crippen LogP contribution is -1.89. The number of hydrogen-bond acceptors (Lipinski definition) is 2. The number of nitrogens with zero attached hydrogens (tertiary/aromatic N) is 1. The summed E-state index contributed by atoms with van der Waals surface area (Å²) in [6.07, 6.45) is 4.64. The molecule has 0 bridgehead atoms. The molecule has 0 heterocycles. The summed E-state index contributed by atoms with van der Waals surface area (Å²) in [6.45, 7) is 4.16. The molecule has 0 saturated carbocycles. The summed E-state index contributed by atoms with van der Waals surface area (Å²) in [5.41, 5.74) is 3.00. The van der Waals surface area contributed by atoms with Crippen LogP contribution in [0.5, 0.6) is 0 Å². The first-order valence-electron chi connectivity index (χ1n) is 5.83. The van der Waals surface area contributed by atoms with Crippen molar-refractivity contribution in [3.8, 4) is 0 Å². The van der Waals surface area contributed by atoms with Crippen molar-refractivity contribution in [2.45, 2.75) is 6.61 Å². The molecule has 0 N–H and O–H groups in total. The quantitative estimate of drug-likeness (QED) is 0.587. The van der Waals surface area contributed by atoms with Gasteiger partial charge in [-0.2, -0.15) is 0 Å². The van der Waals surface area contributed by atoms with Crippen LogP contribution in [-0.2, 0) is 11.4 Å². The highest BCUT2D eigenvalue weighted by atomic mass is 79.9. The Hall–Kier alpha value is -1.87. The van der Waals surface area contributed by atoms with Gasteiger partial charge in [0.05, 0.1) is 0 Å². The first kappa shape index (κ1) is 13.6. The van der Waals surface area contributed by atoms with Crippen LogP contribution in [0.1, 0.15) is 16.7 Å². The minimum Gasteiger partial charge on any atom is -0.390 e. The van der Waals surface area contributed by atoms with Gasteiger partial charge in [0.2, 0.25) is 0 Å². The lowest BCUT2D eigenvalue weighted by atomic mass is 10.1. The molecule has 3 heteroatoms. The average molecular weight is 315 g/mol. The van der Waals surface area contributed by atoms with Crippen LogP contribution in [0.2, 0.25) is 0 Å². The van der Waals surface area contributed by atoms with Crippen molar-refractivity contribution in [3.63, 3.8) is 0 Å². The summed E-state index contributed by atoms with van der Waals surface area (Å²) in [7, 11) is 0. The molecule has 0 saturated heterocycles. The van der Waals surface area contributed by atoms with Gasteiger partial charge in [-0.3, -0.25) is 0 Å². The SMILES string of the molecule is C=Cc1cccc(CO/N=[C]\c2ccc(Br)cc2)c1. The second kappa shape index (κ2) is 6.90. The van der Waals surface area contributed by atoms with E-state index in [-0.39, 0.29) is 0 Å². The molecule has 19 heavy (non-hydrogen) atoms. The predicted octanol–water partition coefficient (Wildman–Crippen LogP) is 4.52. The molecule has 0 unspecified atom stereocenters. The number of benzene rings is 2. The molecule has 0 aliphatic carbocycles. The molecule has 2 nitrogen and oxygen atoms in total. The maximum absolute atomic E-state index is 5.22. The lowest BCUT2D eigenvalue weighted by Gasteiger charge is -2.01. The third kappa shape index (κ3) is 4.38. The van der Waals surface area contributed by atoms with Gasteiger partial charge in [-0.1, -0.05) is 64.1 Å². The molecule has 2 aromatic carbocycles. The minimum absolute atomic E-state index is 0.422. The van der Waals surface area contributed by atoms with E-state index in [1.165, 1.54) is 0 Å². The van der Waals surface area contributed by atoms with E-state index in [4.69, 9.17) is 4.84 Å². The van der Waals surface area contributed by atoms with Crippen molar-refractivity contribution in [2.24, 2.45) is 5.16 Å². The van der Waals surface area contributed by atoms with Crippen LogP contribution in [0.4, 0.5) is 0 Å². The maximum Gasteiger partial charge on any atom is 0.142 e. The van der Waals surface area contributed by atoms with Crippen molar-refractivity contribution < 1.29 is 4.84 Å². The molecule has 0 aliphatic rings. The summed E-state index contributed by atoms with van der Waals surface area (Å²) in [5, 5.41) is 3.83. The molecule has 0 spiro atoms. The first-order valence-corrected chi connectivity index (χ1v) is 6.62. The van der Waals surface area contributed by atoms with E-state index in [1.54, 1.807) is 6.08 Å². The van der Waals surface area contributed by atoms with Gasteiger partial charge < -0.3 is 4.84 Å². The van der Waals surface area contributed by atoms with Gasteiger partial charge in [-0.25, -0.2) is 0 Å². The van der Waals surface area contributed by atoms with E-state index in [9.17, 15) is 0 Å². The number of hydrogen-bond donors (Lipinski definition) is 0. The van der Waals surface area contributed by atoms with Crippen LogP contribution < -0.4 is 0 Å². The largest absolute Gasteiger partial charge is 0.390 e. The third-order valence-corrected chi connectivity index (χ3v) is 3.03. The molecule has 2 aromatic rings. The summed E-state index contributed by atoms with van der Waals surface area (Å²) < 4.78 is 1.03. The Morgan fingerprint density at radius 2 is 2.00 bits per heavy atom. The van der Waals surface area contributed by atoms with Gasteiger partial charge in [0.1, 0.15) is 12.8 Å². The maximum atomic E-state index is 5.22. The molecule has 1 radical (unpaired) electrons. The van der Waals surface area contributed by atoms with Gasteiger partial charge in [0.15, 0.2) is 0 Å². The lowest BCUT2D eigenvalue weighted by molar-refractivity contribution is 0.132. The highest BCUT2D eigenvalue weighted by Crippen LogP contribution is 2.10. The van der Waals surface area contributed by atoms with E-state index in [0.29, 0.717) is 6.61 Å². The van der Waals surface area contributed by atoms with E-state index in [2.05, 4.69) is 33.9 Å². The summed E-state index contributed by atoms with van der Waals surface area (Å²) in [6, 6.07) is 15.7. The molecular weight excluding hydrogens is 302 g/mol. The van der Waals surface area contributed by atoms with E-state index < -0.39 is 0 Å². The van der Waals surface area contributed by atoms with E-state index in [0.717, 1.165) is 21.2 Å². The van der Waals surface area contributed by atoms with Crippen LogP contribution >= 0.6 is 15.9 Å². The predicted molar refractivity (Wildman–Crippen MR) is 82.0 cm³/mol. The smallest absolute Gasteiger partial charge is 0.142 e. The Bertz CT molecular complexity index is 576. The fraction of sp³-hybridized carbons (Fsp3) is 0.0625. The Kier molecular flexibility index (Phi) is 4.93. The van der Waals surface area contributed by atoms with Gasteiger partial charge in [0.25, 0.3) is 0 Å². The van der Waals surface area contributed by atoms with Crippen molar-refractivity contribution >= 4 is 28.2 Å². The van der Waals surface area contributed by atoms with Crippen molar-refractivity contribution in [3.05, 3.63) is 76.3 Å². The molecule has 0 fully saturated rings. The van der Waals surface area contributed by atoms with E-state index >= 15 is 0 Å². The fourth-order valence-corrected chi connectivity index (χ4v) is 1.79. The van der Waals surface area contributed by atoms with Crippen LogP contribution in [-0.4, -0.2) is 6.21 Å². The number of rotatable bonds is 5. The van der Waals surface area contributed by atoms with Crippen molar-refractivity contribution in [1.82, 2.24) is 0 Å². The zero-order valence-electron chi connectivity index (χ0n) is 10.3. The molecule has 2 rings (SSSR count). The van der Waals surface area contributed by atoms with Crippen LogP contribution in [0, 0.1) is 0 Å². The zero-order chi connectivity index (χ0) is 13.5. The molecule has 95 valence electrons. The highest BCUT2D eigenvalue weighted by molar-refractivity contribution is 9.10. The monoisotopic (exact) mass is 314 g/mol. The zero-order valence-corrected chi connectivity index (χ0v) is 11.9. The summed E-state index contributed by atoms with van der Waals surface area (Å²) in [4.78, 5) is 5.22. The average Bonchev–Trinajstić information content (AvgIpc) is 2.46. The summed E-state index contributed by atoms with van der Waals surface area (Å²) in [5.74, 6) is 0. The topological polar surface area (TPSA) is 21.6 Å². The van der Waals surface area contributed by atoms with Crippen molar-refractivity contribution in [2.75, 3.05) is 0 Å². The molecule has 0 aromatic heterocycles. The number of halogens is 1. The van der Waals surface area contributed by atoms with E-state index in [1.807, 2.05) is 48.5 Å². The van der Waals surface area contributed by atoms with Gasteiger partial charge >= 0.3 is 0 Å².